The van der Waals surface area contributed by atoms with Crippen LogP contribution in [-0.2, 0) is 5.75 Å². The van der Waals surface area contributed by atoms with E-state index in [0.29, 0.717) is 5.75 Å². The number of hydrogen-bond donors (Lipinski definition) is 1. The van der Waals surface area contributed by atoms with Gasteiger partial charge in [-0.1, -0.05) is 87.5 Å². The van der Waals surface area contributed by atoms with Crippen molar-refractivity contribution in [3.8, 4) is 16.9 Å². The maximum atomic E-state index is 10.9. The van der Waals surface area contributed by atoms with E-state index in [0.717, 1.165) is 27.7 Å². The number of benzene rings is 4. The Morgan fingerprint density at radius 2 is 1.26 bits per heavy atom. The van der Waals surface area contributed by atoms with Gasteiger partial charge in [0.25, 0.3) is 0 Å². The van der Waals surface area contributed by atoms with Crippen molar-refractivity contribution in [3.63, 3.8) is 0 Å². The summed E-state index contributed by atoms with van der Waals surface area (Å²) in [6.45, 7) is 6.73. The minimum absolute atomic E-state index is 0.184. The summed E-state index contributed by atoms with van der Waals surface area (Å²) in [6.07, 6.45) is 0. The molecule has 0 aliphatic carbocycles. The summed E-state index contributed by atoms with van der Waals surface area (Å²) in [7, 11) is 0. The first-order chi connectivity index (χ1) is 12.9. The SMILES string of the molecule is CC(C)(C)SCc1ccc2ccccc2c1-c1c(O)ccc2ccccc12. The number of aromatic hydroxyl groups is 1. The zero-order valence-corrected chi connectivity index (χ0v) is 16.8. The van der Waals surface area contributed by atoms with E-state index in [4.69, 9.17) is 0 Å². The van der Waals surface area contributed by atoms with Crippen LogP contribution in [0, 0.1) is 0 Å². The number of thioether (sulfide) groups is 1. The van der Waals surface area contributed by atoms with Crippen LogP contribution in [0.25, 0.3) is 32.7 Å². The molecule has 0 heterocycles. The number of phenolic OH excluding ortho intramolecular Hbond substituents is 1. The summed E-state index contributed by atoms with van der Waals surface area (Å²) in [6, 6.07) is 25.0. The monoisotopic (exact) mass is 372 g/mol. The van der Waals surface area contributed by atoms with E-state index in [1.807, 2.05) is 36.0 Å². The van der Waals surface area contributed by atoms with Crippen molar-refractivity contribution in [2.24, 2.45) is 0 Å². The molecule has 0 aliphatic heterocycles. The number of rotatable bonds is 3. The molecule has 4 aromatic rings. The fourth-order valence-electron chi connectivity index (χ4n) is 3.55. The van der Waals surface area contributed by atoms with Crippen molar-refractivity contribution < 1.29 is 5.11 Å². The Balaban J connectivity index is 2.04. The maximum absolute atomic E-state index is 10.9. The van der Waals surface area contributed by atoms with E-state index < -0.39 is 0 Å². The van der Waals surface area contributed by atoms with Crippen molar-refractivity contribution in [1.29, 1.82) is 0 Å². The van der Waals surface area contributed by atoms with E-state index in [9.17, 15) is 5.11 Å². The predicted octanol–water partition coefficient (Wildman–Crippen LogP) is 7.40. The zero-order chi connectivity index (χ0) is 19.0. The van der Waals surface area contributed by atoms with Crippen LogP contribution in [0.1, 0.15) is 26.3 Å². The van der Waals surface area contributed by atoms with E-state index in [-0.39, 0.29) is 4.75 Å². The largest absolute Gasteiger partial charge is 0.507 e. The Morgan fingerprint density at radius 1 is 0.704 bits per heavy atom. The quantitative estimate of drug-likeness (QED) is 0.404. The molecule has 136 valence electrons. The maximum Gasteiger partial charge on any atom is 0.124 e. The van der Waals surface area contributed by atoms with Crippen molar-refractivity contribution in [2.75, 3.05) is 0 Å². The van der Waals surface area contributed by atoms with E-state index in [2.05, 4.69) is 69.3 Å². The highest BCUT2D eigenvalue weighted by atomic mass is 32.2. The molecule has 0 unspecified atom stereocenters. The molecule has 0 fully saturated rings. The minimum atomic E-state index is 0.184. The normalized spacial score (nSPS) is 12.0. The third kappa shape index (κ3) is 3.54. The molecule has 0 amide bonds. The molecule has 0 spiro atoms. The van der Waals surface area contributed by atoms with Crippen LogP contribution in [0.5, 0.6) is 5.75 Å². The van der Waals surface area contributed by atoms with Gasteiger partial charge in [-0.3, -0.25) is 0 Å². The predicted molar refractivity (Wildman–Crippen MR) is 120 cm³/mol. The van der Waals surface area contributed by atoms with Gasteiger partial charge in [0.05, 0.1) is 0 Å². The summed E-state index contributed by atoms with van der Waals surface area (Å²) in [5, 5.41) is 15.5. The molecule has 0 bridgehead atoms. The van der Waals surface area contributed by atoms with Gasteiger partial charge in [-0.25, -0.2) is 0 Å². The zero-order valence-electron chi connectivity index (χ0n) is 16.0. The van der Waals surface area contributed by atoms with Crippen molar-refractivity contribution >= 4 is 33.3 Å². The van der Waals surface area contributed by atoms with Gasteiger partial charge in [-0.2, -0.15) is 11.8 Å². The molecule has 1 nitrogen and oxygen atoms in total. The summed E-state index contributed by atoms with van der Waals surface area (Å²) in [4.78, 5) is 0. The Labute approximate surface area is 165 Å². The first-order valence-electron chi connectivity index (χ1n) is 9.30. The molecule has 27 heavy (non-hydrogen) atoms. The second-order valence-electron chi connectivity index (χ2n) is 7.90. The van der Waals surface area contributed by atoms with Crippen molar-refractivity contribution in [3.05, 3.63) is 78.4 Å². The Hall–Kier alpha value is -2.45. The van der Waals surface area contributed by atoms with Gasteiger partial charge in [0, 0.05) is 16.1 Å². The van der Waals surface area contributed by atoms with Crippen LogP contribution in [-0.4, -0.2) is 9.85 Å². The summed E-state index contributed by atoms with van der Waals surface area (Å²) >= 11 is 1.93. The van der Waals surface area contributed by atoms with Crippen LogP contribution in [0.15, 0.2) is 72.8 Å². The number of fused-ring (bicyclic) bond motifs is 2. The number of phenols is 1. The molecule has 0 radical (unpaired) electrons. The molecule has 4 rings (SSSR count). The Bertz CT molecular complexity index is 1120. The topological polar surface area (TPSA) is 20.2 Å². The average Bonchev–Trinajstić information content (AvgIpc) is 2.66. The molecule has 0 aromatic heterocycles. The first-order valence-corrected chi connectivity index (χ1v) is 10.3. The van der Waals surface area contributed by atoms with Crippen LogP contribution in [0.2, 0.25) is 0 Å². The molecule has 0 atom stereocenters. The lowest BCUT2D eigenvalue weighted by Gasteiger charge is -2.21. The highest BCUT2D eigenvalue weighted by Gasteiger charge is 2.18. The molecule has 1 N–H and O–H groups in total. The minimum Gasteiger partial charge on any atom is -0.507 e. The fourth-order valence-corrected chi connectivity index (χ4v) is 4.38. The third-order valence-corrected chi connectivity index (χ3v) is 6.15. The molecule has 2 heteroatoms. The lowest BCUT2D eigenvalue weighted by atomic mass is 9.90. The van der Waals surface area contributed by atoms with Gasteiger partial charge in [0.2, 0.25) is 0 Å². The molecule has 0 aliphatic rings. The van der Waals surface area contributed by atoms with Crippen LogP contribution in [0.3, 0.4) is 0 Å². The molecular formula is C25H24OS. The second-order valence-corrected chi connectivity index (χ2v) is 9.70. The van der Waals surface area contributed by atoms with Crippen LogP contribution in [0.4, 0.5) is 0 Å². The third-order valence-electron chi connectivity index (χ3n) is 4.83. The Kier molecular flexibility index (Phi) is 4.61. The summed E-state index contributed by atoms with van der Waals surface area (Å²) < 4.78 is 0.184. The van der Waals surface area contributed by atoms with E-state index >= 15 is 0 Å². The number of hydrogen-bond acceptors (Lipinski definition) is 2. The van der Waals surface area contributed by atoms with E-state index in [1.54, 1.807) is 0 Å². The van der Waals surface area contributed by atoms with Crippen LogP contribution < -0.4 is 0 Å². The standard InChI is InChI=1S/C25H24OS/c1-25(2,3)27-16-19-13-12-17-8-4-6-10-20(17)23(19)24-21-11-7-5-9-18(21)14-15-22(24)26/h4-15,26H,16H2,1-3H3. The average molecular weight is 373 g/mol. The van der Waals surface area contributed by atoms with Gasteiger partial charge >= 0.3 is 0 Å². The first kappa shape index (κ1) is 17.9. The van der Waals surface area contributed by atoms with Gasteiger partial charge in [-0.15, -0.1) is 0 Å². The lowest BCUT2D eigenvalue weighted by molar-refractivity contribution is 0.478. The lowest BCUT2D eigenvalue weighted by Crippen LogP contribution is -2.07. The fraction of sp³-hybridized carbons (Fsp3) is 0.200. The van der Waals surface area contributed by atoms with Gasteiger partial charge in [-0.05, 0) is 38.7 Å². The Morgan fingerprint density at radius 3 is 1.89 bits per heavy atom. The van der Waals surface area contributed by atoms with E-state index in [1.165, 1.54) is 16.3 Å². The molecule has 0 saturated heterocycles. The van der Waals surface area contributed by atoms with Gasteiger partial charge < -0.3 is 5.11 Å². The second kappa shape index (κ2) is 6.94. The van der Waals surface area contributed by atoms with Crippen molar-refractivity contribution in [1.82, 2.24) is 0 Å². The van der Waals surface area contributed by atoms with Gasteiger partial charge in [0.1, 0.15) is 5.75 Å². The molecule has 4 aromatic carbocycles. The molecule has 0 saturated carbocycles. The van der Waals surface area contributed by atoms with Crippen LogP contribution >= 0.6 is 11.8 Å². The van der Waals surface area contributed by atoms with Crippen molar-refractivity contribution in [2.45, 2.75) is 31.3 Å². The highest BCUT2D eigenvalue weighted by molar-refractivity contribution is 7.99. The van der Waals surface area contributed by atoms with Gasteiger partial charge in [0.15, 0.2) is 0 Å². The summed E-state index contributed by atoms with van der Waals surface area (Å²) in [5.74, 6) is 1.25. The summed E-state index contributed by atoms with van der Waals surface area (Å²) in [5.41, 5.74) is 3.36. The smallest absolute Gasteiger partial charge is 0.124 e. The molecular weight excluding hydrogens is 348 g/mol. The highest BCUT2D eigenvalue weighted by Crippen LogP contribution is 2.43.